The van der Waals surface area contributed by atoms with Crippen molar-refractivity contribution in [1.29, 1.82) is 0 Å². The molecule has 1 unspecified atom stereocenters. The van der Waals surface area contributed by atoms with Crippen molar-refractivity contribution in [1.82, 2.24) is 4.75 Å². The van der Waals surface area contributed by atoms with E-state index in [9.17, 15) is 0 Å². The summed E-state index contributed by atoms with van der Waals surface area (Å²) >= 11 is -0.826. The van der Waals surface area contributed by atoms with Gasteiger partial charge >= 0.3 is 37.9 Å². The molecule has 0 radical (unpaired) electrons. The maximum atomic E-state index is 4.93. The van der Waals surface area contributed by atoms with E-state index in [1.807, 2.05) is 24.4 Å². The molecule has 0 fully saturated rings. The Balaban J connectivity index is 0.000000176. The summed E-state index contributed by atoms with van der Waals surface area (Å²) in [7, 11) is 9.47. The van der Waals surface area contributed by atoms with Crippen LogP contribution in [0.25, 0.3) is 16.1 Å². The molecule has 4 rings (SSSR count). The van der Waals surface area contributed by atoms with E-state index in [0.717, 1.165) is 0 Å². The van der Waals surface area contributed by atoms with Gasteiger partial charge in [0.15, 0.2) is 0 Å². The molecule has 0 bridgehead atoms. The van der Waals surface area contributed by atoms with Crippen LogP contribution in [-0.2, 0) is 20.8 Å². The van der Waals surface area contributed by atoms with Crippen LogP contribution < -0.4 is 0 Å². The quantitative estimate of drug-likeness (QED) is 0.354. The van der Waals surface area contributed by atoms with Crippen LogP contribution in [0.5, 0.6) is 0 Å². The van der Waals surface area contributed by atoms with E-state index in [4.69, 9.17) is 17.0 Å². The van der Waals surface area contributed by atoms with Gasteiger partial charge in [-0.25, -0.2) is 16.9 Å². The average Bonchev–Trinajstić information content (AvgIpc) is 3.27. The van der Waals surface area contributed by atoms with Crippen LogP contribution in [0.1, 0.15) is 13.8 Å². The molecule has 5 heteroatoms. The molecule has 0 aliphatic heterocycles. The van der Waals surface area contributed by atoms with Gasteiger partial charge in [0, 0.05) is 6.20 Å². The first-order valence-electron chi connectivity index (χ1n) is 7.46. The molecule has 1 aliphatic carbocycles. The van der Waals surface area contributed by atoms with Crippen molar-refractivity contribution >= 4 is 35.5 Å². The summed E-state index contributed by atoms with van der Waals surface area (Å²) in [4.78, 5) is 0. The van der Waals surface area contributed by atoms with E-state index >= 15 is 0 Å². The minimum atomic E-state index is -0.826. The minimum absolute atomic E-state index is 0.208. The Morgan fingerprint density at radius 1 is 1.21 bits per heavy atom. The zero-order valence-electron chi connectivity index (χ0n) is 13.6. The smallest absolute Gasteiger partial charge is 0.0316 e. The van der Waals surface area contributed by atoms with Gasteiger partial charge in [-0.2, -0.15) is 12.1 Å². The molecule has 1 aliphatic rings. The van der Waals surface area contributed by atoms with Crippen LogP contribution in [-0.4, -0.2) is 4.75 Å². The molecule has 122 valence electrons. The Hall–Kier alpha value is -0.517. The van der Waals surface area contributed by atoms with Gasteiger partial charge in [-0.15, -0.1) is 35.0 Å². The van der Waals surface area contributed by atoms with Crippen LogP contribution in [0, 0.1) is 11.5 Å². The Bertz CT molecular complexity index is 757. The zero-order chi connectivity index (χ0) is 17.4. The van der Waals surface area contributed by atoms with Crippen molar-refractivity contribution in [3.05, 3.63) is 78.8 Å². The molecule has 0 spiro atoms. The van der Waals surface area contributed by atoms with Crippen LogP contribution >= 0.6 is 24.7 Å². The molecule has 3 aromatic rings. The van der Waals surface area contributed by atoms with Crippen LogP contribution in [0.15, 0.2) is 72.7 Å². The second kappa shape index (κ2) is 9.83. The van der Waals surface area contributed by atoms with Crippen molar-refractivity contribution in [2.24, 2.45) is 5.41 Å². The maximum absolute atomic E-state index is 4.93. The number of hydrogen-bond donors (Lipinski definition) is 0. The largest absolute Gasteiger partial charge is 0.243 e. The average molecular weight is 453 g/mol. The van der Waals surface area contributed by atoms with E-state index in [2.05, 4.69) is 72.9 Å². The number of nitrogens with zero attached hydrogens (tertiary/aromatic N) is 1. The normalized spacial score (nSPS) is 14.4. The molecule has 0 saturated carbocycles. The zero-order valence-corrected chi connectivity index (χ0v) is 18.4. The SMILES string of the molecule is CC1(C)[C-]=CC=C1.[Cl][Zr+2][Cl].c1ccc2[cH-]c(-p3cccn3)cc2c1. The van der Waals surface area contributed by atoms with Crippen molar-refractivity contribution in [3.8, 4) is 5.30 Å². The molecule has 1 atom stereocenters. The van der Waals surface area contributed by atoms with Crippen molar-refractivity contribution in [2.45, 2.75) is 13.8 Å². The fourth-order valence-electron chi connectivity index (χ4n) is 2.29. The number of halogens is 2. The Morgan fingerprint density at radius 3 is 2.46 bits per heavy atom. The summed E-state index contributed by atoms with van der Waals surface area (Å²) in [6.07, 6.45) is 11.2. The van der Waals surface area contributed by atoms with Gasteiger partial charge in [0.25, 0.3) is 0 Å². The Morgan fingerprint density at radius 2 is 1.96 bits per heavy atom. The number of benzene rings is 1. The topological polar surface area (TPSA) is 12.9 Å². The summed E-state index contributed by atoms with van der Waals surface area (Å²) in [5.74, 6) is 2.18. The van der Waals surface area contributed by atoms with E-state index < -0.39 is 28.5 Å². The van der Waals surface area contributed by atoms with Gasteiger partial charge in [0.05, 0.1) is 0 Å². The van der Waals surface area contributed by atoms with Gasteiger partial charge in [0.1, 0.15) is 0 Å². The first-order valence-corrected chi connectivity index (χ1v) is 15.2. The molecule has 1 nitrogen and oxygen atoms in total. The summed E-state index contributed by atoms with van der Waals surface area (Å²) in [5, 5.41) is 3.99. The van der Waals surface area contributed by atoms with Crippen molar-refractivity contribution in [2.75, 3.05) is 0 Å². The first-order chi connectivity index (χ1) is 11.6. The molecule has 2 aromatic carbocycles. The number of aromatic nitrogens is 1. The molecule has 0 N–H and O–H groups in total. The van der Waals surface area contributed by atoms with Gasteiger partial charge in [-0.1, -0.05) is 30.6 Å². The summed E-state index contributed by atoms with van der Waals surface area (Å²) < 4.78 is 4.43. The Kier molecular flexibility index (Phi) is 8.11. The molecular formula is C19H18Cl2NPZr. The van der Waals surface area contributed by atoms with Gasteiger partial charge in [0.2, 0.25) is 0 Å². The van der Waals surface area contributed by atoms with Crippen LogP contribution in [0.3, 0.4) is 0 Å². The summed E-state index contributed by atoms with van der Waals surface area (Å²) in [6.45, 7) is 4.26. The second-order valence-corrected chi connectivity index (χ2v) is 11.2. The molecule has 1 heterocycles. The first kappa shape index (κ1) is 19.8. The van der Waals surface area contributed by atoms with Crippen LogP contribution in [0.4, 0.5) is 0 Å². The molecule has 0 amide bonds. The Labute approximate surface area is 163 Å². The second-order valence-electron chi connectivity index (χ2n) is 5.76. The molecule has 1 aromatic heterocycles. The molecule has 0 saturated heterocycles. The minimum Gasteiger partial charge on any atom is -0.243 e. The monoisotopic (exact) mass is 451 g/mol. The van der Waals surface area contributed by atoms with E-state index in [0.29, 0.717) is 0 Å². The van der Waals surface area contributed by atoms with E-state index in [-0.39, 0.29) is 5.41 Å². The predicted molar refractivity (Wildman–Crippen MR) is 104 cm³/mol. The van der Waals surface area contributed by atoms with Crippen molar-refractivity contribution < 1.29 is 20.8 Å². The summed E-state index contributed by atoms with van der Waals surface area (Å²) in [5.41, 5.74) is 0.208. The van der Waals surface area contributed by atoms with E-state index in [1.54, 1.807) is 0 Å². The molecule has 24 heavy (non-hydrogen) atoms. The van der Waals surface area contributed by atoms with Gasteiger partial charge in [-0.3, -0.25) is 6.08 Å². The summed E-state index contributed by atoms with van der Waals surface area (Å²) in [6, 6.07) is 15.0. The third-order valence-electron chi connectivity index (χ3n) is 3.44. The number of rotatable bonds is 1. The fraction of sp³-hybridized carbons (Fsp3) is 0.158. The number of allylic oxidation sites excluding steroid dienone is 4. The predicted octanol–water partition coefficient (Wildman–Crippen LogP) is 7.25. The third-order valence-corrected chi connectivity index (χ3v) is 5.06. The number of fused-ring (bicyclic) bond motifs is 1. The standard InChI is InChI=1S/C12H9NP.C7H9.2ClH.Zr/c1-2-5-11-9-12(8-10(11)4-1)14-7-3-6-13-14;1-7(2)5-3-4-6-7;;;/h1-9H;3-5H,1-2H3;2*1H;/q2*-1;;;+4/p-2. The van der Waals surface area contributed by atoms with Crippen LogP contribution in [0.2, 0.25) is 0 Å². The molecular weight excluding hydrogens is 435 g/mol. The van der Waals surface area contributed by atoms with Gasteiger partial charge in [-0.05, 0) is 19.6 Å². The fourth-order valence-corrected chi connectivity index (χ4v) is 3.67. The van der Waals surface area contributed by atoms with Gasteiger partial charge < -0.3 is 0 Å². The maximum Gasteiger partial charge on any atom is 0.0316 e. The van der Waals surface area contributed by atoms with E-state index in [1.165, 1.54) is 16.1 Å². The number of hydrogen-bond acceptors (Lipinski definition) is 1. The third kappa shape index (κ3) is 6.09. The van der Waals surface area contributed by atoms with Crippen molar-refractivity contribution in [3.63, 3.8) is 0 Å².